The summed E-state index contributed by atoms with van der Waals surface area (Å²) in [4.78, 5) is 8.51. The van der Waals surface area contributed by atoms with E-state index in [1.807, 2.05) is 0 Å². The summed E-state index contributed by atoms with van der Waals surface area (Å²) in [6.07, 6.45) is 2.26. The average molecular weight is 405 g/mol. The van der Waals surface area contributed by atoms with E-state index in [9.17, 15) is 0 Å². The second-order valence-electron chi connectivity index (χ2n) is 8.27. The molecular weight excluding hydrogens is 374 g/mol. The molecule has 2 aromatic heterocycles. The lowest BCUT2D eigenvalue weighted by molar-refractivity contribution is -0.479. The molecule has 2 N–H and O–H groups in total. The van der Waals surface area contributed by atoms with Crippen molar-refractivity contribution in [1.29, 1.82) is 0 Å². The highest BCUT2D eigenvalue weighted by Gasteiger charge is 2.23. The van der Waals surface area contributed by atoms with Gasteiger partial charge in [-0.05, 0) is 19.1 Å². The zero-order valence-corrected chi connectivity index (χ0v) is 17.6. The SMILES string of the molecule is Cc1ccc(-c2c[n+]3c4ccccc4[nH]c3n2CCN2CCN(CCO)CC2)cc1. The molecule has 0 atom stereocenters. The highest BCUT2D eigenvalue weighted by molar-refractivity contribution is 5.74. The normalized spacial score (nSPS) is 16.1. The lowest BCUT2D eigenvalue weighted by Gasteiger charge is -2.34. The van der Waals surface area contributed by atoms with Crippen LogP contribution in [0.2, 0.25) is 0 Å². The predicted molar refractivity (Wildman–Crippen MR) is 120 cm³/mol. The molecule has 0 amide bonds. The van der Waals surface area contributed by atoms with Crippen molar-refractivity contribution in [1.82, 2.24) is 19.4 Å². The molecule has 6 heteroatoms. The number of aromatic nitrogens is 3. The summed E-state index contributed by atoms with van der Waals surface area (Å²) in [5.74, 6) is 1.13. The molecule has 2 aromatic carbocycles. The number of hydrogen-bond donors (Lipinski definition) is 2. The Balaban J connectivity index is 1.46. The van der Waals surface area contributed by atoms with Gasteiger partial charge >= 0.3 is 5.78 Å². The van der Waals surface area contributed by atoms with E-state index in [0.717, 1.165) is 57.1 Å². The van der Waals surface area contributed by atoms with E-state index >= 15 is 0 Å². The predicted octanol–water partition coefficient (Wildman–Crippen LogP) is 2.29. The molecule has 0 aliphatic carbocycles. The Morgan fingerprint density at radius 1 is 0.900 bits per heavy atom. The third-order valence-electron chi connectivity index (χ3n) is 6.30. The van der Waals surface area contributed by atoms with Gasteiger partial charge in [-0.3, -0.25) is 9.80 Å². The van der Waals surface area contributed by atoms with E-state index in [1.54, 1.807) is 0 Å². The second kappa shape index (κ2) is 8.22. The van der Waals surface area contributed by atoms with Gasteiger partial charge in [0.15, 0.2) is 0 Å². The molecular formula is C24H30N5O+. The molecule has 1 saturated heterocycles. The summed E-state index contributed by atoms with van der Waals surface area (Å²) in [6.45, 7) is 9.31. The maximum absolute atomic E-state index is 9.16. The second-order valence-corrected chi connectivity index (χ2v) is 8.27. The zero-order valence-electron chi connectivity index (χ0n) is 17.6. The minimum Gasteiger partial charge on any atom is -0.395 e. The monoisotopic (exact) mass is 404 g/mol. The number of aromatic amines is 1. The fourth-order valence-corrected chi connectivity index (χ4v) is 4.52. The van der Waals surface area contributed by atoms with Crippen LogP contribution in [0, 0.1) is 6.92 Å². The first-order valence-electron chi connectivity index (χ1n) is 10.9. The molecule has 6 nitrogen and oxygen atoms in total. The number of aliphatic hydroxyl groups excluding tert-OH is 1. The molecule has 0 spiro atoms. The van der Waals surface area contributed by atoms with Crippen molar-refractivity contribution in [3.05, 3.63) is 60.3 Å². The van der Waals surface area contributed by atoms with E-state index in [2.05, 4.69) is 85.4 Å². The van der Waals surface area contributed by atoms with Crippen LogP contribution in [0.25, 0.3) is 28.1 Å². The quantitative estimate of drug-likeness (QED) is 0.485. The highest BCUT2D eigenvalue weighted by atomic mass is 16.3. The first kappa shape index (κ1) is 19.3. The molecule has 0 bridgehead atoms. The van der Waals surface area contributed by atoms with Gasteiger partial charge in [0.1, 0.15) is 22.9 Å². The molecule has 0 saturated carbocycles. The lowest BCUT2D eigenvalue weighted by atomic mass is 10.1. The summed E-state index contributed by atoms with van der Waals surface area (Å²) in [5.41, 5.74) is 6.13. The first-order chi connectivity index (χ1) is 14.7. The number of piperazine rings is 1. The van der Waals surface area contributed by atoms with Gasteiger partial charge in [-0.1, -0.05) is 42.0 Å². The van der Waals surface area contributed by atoms with E-state index < -0.39 is 0 Å². The Morgan fingerprint density at radius 3 is 2.33 bits per heavy atom. The number of rotatable bonds is 6. The van der Waals surface area contributed by atoms with E-state index in [0.29, 0.717) is 0 Å². The van der Waals surface area contributed by atoms with Crippen LogP contribution >= 0.6 is 0 Å². The molecule has 0 radical (unpaired) electrons. The number of para-hydroxylation sites is 2. The Labute approximate surface area is 177 Å². The number of aliphatic hydroxyl groups is 1. The number of aryl methyl sites for hydroxylation is 1. The number of nitrogens with one attached hydrogen (secondary N) is 1. The minimum atomic E-state index is 0.249. The van der Waals surface area contributed by atoms with Crippen molar-refractivity contribution in [3.63, 3.8) is 0 Å². The van der Waals surface area contributed by atoms with Crippen LogP contribution < -0.4 is 4.40 Å². The molecule has 1 fully saturated rings. The van der Waals surface area contributed by atoms with Crippen molar-refractivity contribution in [3.8, 4) is 11.3 Å². The standard InChI is InChI=1S/C24H29N5O/c1-19-6-8-20(9-7-19)23-18-29-22-5-3-2-4-21(22)25-24(29)28(23)15-14-26-10-12-27(13-11-26)16-17-30/h2-9,18,30H,10-17H2,1H3/p+1. The molecule has 1 aliphatic heterocycles. The highest BCUT2D eigenvalue weighted by Crippen LogP contribution is 2.23. The zero-order chi connectivity index (χ0) is 20.5. The Kier molecular flexibility index (Phi) is 5.29. The van der Waals surface area contributed by atoms with Gasteiger partial charge < -0.3 is 5.11 Å². The van der Waals surface area contributed by atoms with Crippen molar-refractivity contribution >= 4 is 16.8 Å². The fraction of sp³-hybridized carbons (Fsp3) is 0.375. The fourth-order valence-electron chi connectivity index (χ4n) is 4.52. The van der Waals surface area contributed by atoms with Crippen LogP contribution in [-0.2, 0) is 6.54 Å². The first-order valence-corrected chi connectivity index (χ1v) is 10.9. The van der Waals surface area contributed by atoms with Gasteiger partial charge in [0.05, 0.1) is 13.2 Å². The molecule has 5 rings (SSSR count). The molecule has 3 heterocycles. The van der Waals surface area contributed by atoms with Crippen LogP contribution in [0.5, 0.6) is 0 Å². The van der Waals surface area contributed by atoms with Crippen LogP contribution in [-0.4, -0.2) is 70.3 Å². The molecule has 0 unspecified atom stereocenters. The number of H-pyrrole nitrogens is 1. The van der Waals surface area contributed by atoms with Gasteiger partial charge in [-0.15, -0.1) is 0 Å². The number of hydrogen-bond acceptors (Lipinski definition) is 3. The summed E-state index contributed by atoms with van der Waals surface area (Å²) in [5, 5.41) is 9.16. The number of benzene rings is 2. The Bertz CT molecular complexity index is 1140. The van der Waals surface area contributed by atoms with Crippen LogP contribution in [0.1, 0.15) is 5.56 Å². The van der Waals surface area contributed by atoms with Crippen molar-refractivity contribution < 1.29 is 9.51 Å². The van der Waals surface area contributed by atoms with Crippen molar-refractivity contribution in [2.75, 3.05) is 45.9 Å². The van der Waals surface area contributed by atoms with Gasteiger partial charge in [-0.2, -0.15) is 4.40 Å². The maximum atomic E-state index is 9.16. The van der Waals surface area contributed by atoms with Crippen molar-refractivity contribution in [2.24, 2.45) is 0 Å². The van der Waals surface area contributed by atoms with Gasteiger partial charge in [0.2, 0.25) is 0 Å². The van der Waals surface area contributed by atoms with Crippen LogP contribution in [0.4, 0.5) is 0 Å². The number of imidazole rings is 2. The lowest BCUT2D eigenvalue weighted by Crippen LogP contribution is -2.47. The maximum Gasteiger partial charge on any atom is 0.368 e. The van der Waals surface area contributed by atoms with E-state index in [1.165, 1.54) is 22.3 Å². The number of β-amino-alcohol motifs (C(OH)–C–C–N with tert-alkyl or cyclic N) is 1. The van der Waals surface area contributed by atoms with Crippen LogP contribution in [0.15, 0.2) is 54.7 Å². The average Bonchev–Trinajstić information content (AvgIpc) is 3.30. The summed E-state index contributed by atoms with van der Waals surface area (Å²) in [6, 6.07) is 17.3. The number of nitrogens with zero attached hydrogens (tertiary/aromatic N) is 4. The van der Waals surface area contributed by atoms with E-state index in [4.69, 9.17) is 5.11 Å². The summed E-state index contributed by atoms with van der Waals surface area (Å²) >= 11 is 0. The molecule has 30 heavy (non-hydrogen) atoms. The summed E-state index contributed by atoms with van der Waals surface area (Å²) in [7, 11) is 0. The molecule has 4 aromatic rings. The summed E-state index contributed by atoms with van der Waals surface area (Å²) < 4.78 is 4.70. The molecule has 1 aliphatic rings. The minimum absolute atomic E-state index is 0.249. The Hall–Kier alpha value is -2.67. The largest absolute Gasteiger partial charge is 0.395 e. The van der Waals surface area contributed by atoms with E-state index in [-0.39, 0.29) is 6.61 Å². The van der Waals surface area contributed by atoms with Crippen molar-refractivity contribution in [2.45, 2.75) is 13.5 Å². The van der Waals surface area contributed by atoms with Crippen LogP contribution in [0.3, 0.4) is 0 Å². The smallest absolute Gasteiger partial charge is 0.368 e. The van der Waals surface area contributed by atoms with Gasteiger partial charge in [0.25, 0.3) is 0 Å². The van der Waals surface area contributed by atoms with Gasteiger partial charge in [0, 0.05) is 44.8 Å². The third kappa shape index (κ3) is 3.62. The Morgan fingerprint density at radius 2 is 1.60 bits per heavy atom. The van der Waals surface area contributed by atoms with Gasteiger partial charge in [-0.25, -0.2) is 9.55 Å². The third-order valence-corrected chi connectivity index (χ3v) is 6.30. The molecule has 156 valence electrons. The topological polar surface area (TPSA) is 51.5 Å². The number of fused-ring (bicyclic) bond motifs is 3.